The van der Waals surface area contributed by atoms with Gasteiger partial charge in [0.25, 0.3) is 0 Å². The number of ketones is 2. The van der Waals surface area contributed by atoms with Crippen LogP contribution in [-0.2, 0) is 14.3 Å². The largest absolute Gasteiger partial charge is 0.394 e. The lowest BCUT2D eigenvalue weighted by molar-refractivity contribution is -0.203. The number of rotatable bonds is 6. The summed E-state index contributed by atoms with van der Waals surface area (Å²) in [6, 6.07) is 0. The van der Waals surface area contributed by atoms with Gasteiger partial charge in [0.15, 0.2) is 11.6 Å². The molecule has 4 aliphatic rings. The number of halogens is 1. The minimum absolute atomic E-state index is 0.0748. The molecule has 4 rings (SSSR count). The van der Waals surface area contributed by atoms with Crippen LogP contribution in [0.4, 0.5) is 0 Å². The van der Waals surface area contributed by atoms with E-state index in [1.54, 1.807) is 6.08 Å². The minimum atomic E-state index is -1.42. The lowest BCUT2D eigenvalue weighted by atomic mass is 9.45. The van der Waals surface area contributed by atoms with Crippen molar-refractivity contribution in [2.24, 2.45) is 28.6 Å². The Morgan fingerprint density at radius 2 is 2.00 bits per heavy atom. The highest BCUT2D eigenvalue weighted by Crippen LogP contribution is 2.72. The van der Waals surface area contributed by atoms with E-state index >= 15 is 0 Å². The van der Waals surface area contributed by atoms with E-state index in [1.165, 1.54) is 6.08 Å². The fraction of sp³-hybridized carbons (Fsp3) is 0.760. The second-order valence-electron chi connectivity index (χ2n) is 10.9. The highest BCUT2D eigenvalue weighted by molar-refractivity contribution is 6.26. The Morgan fingerprint density at radius 3 is 2.64 bits per heavy atom. The van der Waals surface area contributed by atoms with Crippen LogP contribution in [0, 0.1) is 28.6 Å². The molecule has 7 nitrogen and oxygen atoms in total. The summed E-state index contributed by atoms with van der Waals surface area (Å²) in [6.07, 6.45) is 4.95. The fourth-order valence-electron chi connectivity index (χ4n) is 7.91. The number of alkyl halides is 1. The van der Waals surface area contributed by atoms with Gasteiger partial charge >= 0.3 is 0 Å². The van der Waals surface area contributed by atoms with Crippen molar-refractivity contribution in [1.82, 2.24) is 0 Å². The number of hydrogen-bond acceptors (Lipinski definition) is 7. The third-order valence-electron chi connectivity index (χ3n) is 9.45. The van der Waals surface area contributed by atoms with E-state index in [0.29, 0.717) is 19.3 Å². The van der Waals surface area contributed by atoms with Crippen molar-refractivity contribution < 1.29 is 34.8 Å². The molecule has 0 aliphatic heterocycles. The number of Topliss-reactive ketones (excluding diaryl/α,β-unsaturated/α-hetero) is 1. The predicted molar refractivity (Wildman–Crippen MR) is 122 cm³/mol. The van der Waals surface area contributed by atoms with Crippen molar-refractivity contribution in [1.29, 1.82) is 0 Å². The maximum Gasteiger partial charge on any atom is 0.190 e. The van der Waals surface area contributed by atoms with Gasteiger partial charge in [-0.15, -0.1) is 11.6 Å². The first kappa shape index (κ1) is 25.0. The van der Waals surface area contributed by atoms with E-state index in [-0.39, 0.29) is 36.6 Å². The van der Waals surface area contributed by atoms with Crippen LogP contribution in [0.2, 0.25) is 0 Å². The van der Waals surface area contributed by atoms with Gasteiger partial charge in [0.1, 0.15) is 18.3 Å². The lowest BCUT2D eigenvalue weighted by Crippen LogP contribution is -2.69. The smallest absolute Gasteiger partial charge is 0.190 e. The van der Waals surface area contributed by atoms with Gasteiger partial charge in [-0.1, -0.05) is 32.4 Å². The zero-order valence-electron chi connectivity index (χ0n) is 19.5. The monoisotopic (exact) mass is 482 g/mol. The topological polar surface area (TPSA) is 124 Å². The average Bonchev–Trinajstić information content (AvgIpc) is 3.00. The molecule has 33 heavy (non-hydrogen) atoms. The Balaban J connectivity index is 1.80. The molecule has 3 saturated carbocycles. The fourth-order valence-corrected chi connectivity index (χ4v) is 8.43. The molecule has 0 aromatic carbocycles. The second-order valence-corrected chi connectivity index (χ2v) is 11.5. The van der Waals surface area contributed by atoms with Gasteiger partial charge in [0.2, 0.25) is 0 Å². The zero-order chi connectivity index (χ0) is 24.4. The van der Waals surface area contributed by atoms with E-state index in [4.69, 9.17) is 16.3 Å². The predicted octanol–water partition coefficient (Wildman–Crippen LogP) is 1.54. The third-order valence-corrected chi connectivity index (χ3v) is 10.4. The average molecular weight is 483 g/mol. The lowest BCUT2D eigenvalue weighted by Gasteiger charge is -2.64. The molecular weight excluding hydrogens is 448 g/mol. The highest BCUT2D eigenvalue weighted by Gasteiger charge is 2.75. The van der Waals surface area contributed by atoms with Gasteiger partial charge in [0.05, 0.1) is 24.2 Å². The standard InChI is InChI=1S/C25H35ClO7/c1-14-8-19-18-5-4-15-9-16(29)6-7-22(15,2)24(18,26)20(31)10-23(19,3)25(14,21(32)12-28)33-13-17(30)11-27/h6-7,9,14,17-20,27-28,30-31H,4-5,8,10-13H2,1-3H3/t14-,17?,18-,19-,20-,22-,23-,24-,25-/m0/s1. The van der Waals surface area contributed by atoms with Crippen molar-refractivity contribution in [3.8, 4) is 0 Å². The molecule has 1 unspecified atom stereocenters. The molecule has 4 aliphatic carbocycles. The number of hydrogen-bond donors (Lipinski definition) is 4. The van der Waals surface area contributed by atoms with Crippen LogP contribution in [0.15, 0.2) is 23.8 Å². The number of aliphatic hydroxyl groups is 4. The molecule has 0 radical (unpaired) electrons. The molecule has 4 N–H and O–H groups in total. The molecule has 184 valence electrons. The maximum atomic E-state index is 13.3. The summed E-state index contributed by atoms with van der Waals surface area (Å²) in [7, 11) is 0. The normalized spacial score (nSPS) is 47.4. The summed E-state index contributed by atoms with van der Waals surface area (Å²) in [5, 5.41) is 40.8. The van der Waals surface area contributed by atoms with Gasteiger partial charge in [-0.3, -0.25) is 9.59 Å². The van der Waals surface area contributed by atoms with Gasteiger partial charge in [-0.2, -0.15) is 0 Å². The molecule has 0 aromatic rings. The quantitative estimate of drug-likeness (QED) is 0.423. The second kappa shape index (κ2) is 8.25. The van der Waals surface area contributed by atoms with Crippen LogP contribution in [0.1, 0.15) is 46.5 Å². The Kier molecular flexibility index (Phi) is 6.25. The van der Waals surface area contributed by atoms with E-state index in [1.807, 2.05) is 26.8 Å². The Morgan fingerprint density at radius 1 is 1.30 bits per heavy atom. The van der Waals surface area contributed by atoms with Crippen molar-refractivity contribution in [3.63, 3.8) is 0 Å². The summed E-state index contributed by atoms with van der Waals surface area (Å²) < 4.78 is 6.14. The summed E-state index contributed by atoms with van der Waals surface area (Å²) >= 11 is 7.42. The van der Waals surface area contributed by atoms with Crippen molar-refractivity contribution in [2.45, 2.75) is 69.1 Å². The summed E-state index contributed by atoms with van der Waals surface area (Å²) in [5.74, 6) is -1.09. The molecular formula is C25H35ClO7. The van der Waals surface area contributed by atoms with E-state index in [0.717, 1.165) is 5.57 Å². The first-order chi connectivity index (χ1) is 15.4. The van der Waals surface area contributed by atoms with Crippen molar-refractivity contribution in [2.75, 3.05) is 19.8 Å². The number of carbonyl (C=O) groups excluding carboxylic acids is 2. The third kappa shape index (κ3) is 3.13. The molecule has 9 atom stereocenters. The maximum absolute atomic E-state index is 13.3. The van der Waals surface area contributed by atoms with Crippen molar-refractivity contribution in [3.05, 3.63) is 23.8 Å². The highest BCUT2D eigenvalue weighted by atomic mass is 35.5. The number of allylic oxidation sites excluding steroid dienone is 4. The van der Waals surface area contributed by atoms with Crippen LogP contribution in [-0.4, -0.2) is 74.5 Å². The summed E-state index contributed by atoms with van der Waals surface area (Å²) in [5.41, 5.74) is -2.03. The molecule has 8 heteroatoms. The molecule has 0 bridgehead atoms. The summed E-state index contributed by atoms with van der Waals surface area (Å²) in [4.78, 5) is 24.3. The molecule has 0 aromatic heterocycles. The molecule has 0 spiro atoms. The minimum Gasteiger partial charge on any atom is -0.394 e. The van der Waals surface area contributed by atoms with Crippen LogP contribution in [0.3, 0.4) is 0 Å². The Bertz CT molecular complexity index is 901. The number of fused-ring (bicyclic) bond motifs is 5. The molecule has 0 heterocycles. The number of ether oxygens (including phenoxy) is 1. The molecule has 0 saturated heterocycles. The van der Waals surface area contributed by atoms with Crippen LogP contribution in [0.5, 0.6) is 0 Å². The number of aliphatic hydroxyl groups excluding tert-OH is 4. The Labute approximate surface area is 199 Å². The molecule has 0 amide bonds. The van der Waals surface area contributed by atoms with Gasteiger partial charge in [0, 0.05) is 10.8 Å². The van der Waals surface area contributed by atoms with Gasteiger partial charge in [-0.05, 0) is 55.6 Å². The van der Waals surface area contributed by atoms with Crippen LogP contribution < -0.4 is 0 Å². The Hall–Kier alpha value is -1.09. The van der Waals surface area contributed by atoms with Crippen LogP contribution in [0.25, 0.3) is 0 Å². The SMILES string of the molecule is C[C@H]1C[C@H]2[C@@H]3CCC4=CC(=O)C=C[C@]4(C)[C@@]3(Cl)[C@@H](O)C[C@]2(C)[C@@]1(OCC(O)CO)C(=O)CO. The van der Waals surface area contributed by atoms with Gasteiger partial charge < -0.3 is 25.2 Å². The van der Waals surface area contributed by atoms with E-state index in [9.17, 15) is 30.0 Å². The first-order valence-corrected chi connectivity index (χ1v) is 12.2. The molecule has 3 fully saturated rings. The first-order valence-electron chi connectivity index (χ1n) is 11.8. The zero-order valence-corrected chi connectivity index (χ0v) is 20.2. The van der Waals surface area contributed by atoms with Gasteiger partial charge in [-0.25, -0.2) is 0 Å². The van der Waals surface area contributed by atoms with Crippen LogP contribution >= 0.6 is 11.6 Å². The summed E-state index contributed by atoms with van der Waals surface area (Å²) in [6.45, 7) is 4.33. The van der Waals surface area contributed by atoms with Crippen molar-refractivity contribution >= 4 is 23.2 Å². The van der Waals surface area contributed by atoms with E-state index < -0.39 is 52.5 Å². The van der Waals surface area contributed by atoms with E-state index in [2.05, 4.69) is 0 Å². The number of carbonyl (C=O) groups is 2.